The highest BCUT2D eigenvalue weighted by Crippen LogP contribution is 2.49. The van der Waals surface area contributed by atoms with Crippen molar-refractivity contribution in [3.05, 3.63) is 206 Å². The van der Waals surface area contributed by atoms with Gasteiger partial charge in [0, 0.05) is 48.7 Å². The quantitative estimate of drug-likeness (QED) is 0.159. The summed E-state index contributed by atoms with van der Waals surface area (Å²) in [5, 5.41) is 12.6. The molecule has 0 aliphatic heterocycles. The fraction of sp³-hybridized carbons (Fsp3) is 0. The SMILES string of the molecule is c1ccc(N(c2ccc3c(c2)c2c(-c4cc5ccccc5c5ccccc45)cc4ccccc4c2n3-c2ccccc2)c2cccc3c2sc2ccccc23)cc1. The van der Waals surface area contributed by atoms with Crippen LogP contribution in [-0.2, 0) is 0 Å². The average molecular weight is 743 g/mol. The third-order valence-corrected chi connectivity index (χ3v) is 12.9. The zero-order valence-corrected chi connectivity index (χ0v) is 31.7. The van der Waals surface area contributed by atoms with E-state index in [0.29, 0.717) is 0 Å². The molecule has 0 fully saturated rings. The van der Waals surface area contributed by atoms with Crippen LogP contribution in [0.15, 0.2) is 206 Å². The summed E-state index contributed by atoms with van der Waals surface area (Å²) < 4.78 is 5.07. The summed E-state index contributed by atoms with van der Waals surface area (Å²) in [5.41, 5.74) is 9.44. The molecule has 0 unspecified atom stereocenters. The number of aromatic nitrogens is 1. The van der Waals surface area contributed by atoms with E-state index < -0.39 is 0 Å². The summed E-state index contributed by atoms with van der Waals surface area (Å²) in [7, 11) is 0. The van der Waals surface area contributed by atoms with Crippen molar-refractivity contribution in [3.8, 4) is 16.8 Å². The standard InChI is InChI=1S/C54H34N2S/c1-3-18-37(19-4-1)55(50-28-15-27-45-44-26-13-14-29-51(44)57-54(45)50)39-30-31-49-48(34-39)52-47(46-32-35-16-7-9-22-40(35)42-24-11-12-25-43(42)46)33-36-17-8-10-23-41(36)53(52)56(49)38-20-5-2-6-21-38/h1-34H. The summed E-state index contributed by atoms with van der Waals surface area (Å²) in [4.78, 5) is 2.45. The molecule has 2 heterocycles. The van der Waals surface area contributed by atoms with Crippen molar-refractivity contribution >= 4 is 103 Å². The molecular weight excluding hydrogens is 709 g/mol. The fourth-order valence-electron chi connectivity index (χ4n) is 9.26. The van der Waals surface area contributed by atoms with Crippen LogP contribution >= 0.6 is 11.3 Å². The molecule has 0 radical (unpaired) electrons. The highest BCUT2D eigenvalue weighted by molar-refractivity contribution is 7.26. The zero-order valence-electron chi connectivity index (χ0n) is 30.9. The number of rotatable bonds is 5. The molecule has 266 valence electrons. The number of fused-ring (bicyclic) bond motifs is 11. The Hall–Kier alpha value is -7.20. The van der Waals surface area contributed by atoms with Crippen molar-refractivity contribution in [2.45, 2.75) is 0 Å². The third-order valence-electron chi connectivity index (χ3n) is 11.7. The summed E-state index contributed by atoms with van der Waals surface area (Å²) in [5.74, 6) is 0. The van der Waals surface area contributed by atoms with Crippen molar-refractivity contribution in [3.63, 3.8) is 0 Å². The number of para-hydroxylation sites is 2. The highest BCUT2D eigenvalue weighted by atomic mass is 32.1. The lowest BCUT2D eigenvalue weighted by Crippen LogP contribution is -2.10. The Morgan fingerprint density at radius 1 is 0.386 bits per heavy atom. The molecule has 0 aliphatic carbocycles. The predicted molar refractivity (Wildman–Crippen MR) is 246 cm³/mol. The predicted octanol–water partition coefficient (Wildman–Crippen LogP) is 15.7. The van der Waals surface area contributed by atoms with Gasteiger partial charge in [0.05, 0.1) is 21.4 Å². The van der Waals surface area contributed by atoms with Gasteiger partial charge >= 0.3 is 0 Å². The van der Waals surface area contributed by atoms with E-state index in [4.69, 9.17) is 0 Å². The van der Waals surface area contributed by atoms with Crippen LogP contribution in [0.1, 0.15) is 0 Å². The number of nitrogens with zero attached hydrogens (tertiary/aromatic N) is 2. The van der Waals surface area contributed by atoms with Crippen LogP contribution in [0.25, 0.3) is 91.1 Å². The largest absolute Gasteiger partial charge is 0.309 e. The van der Waals surface area contributed by atoms with Gasteiger partial charge in [0.2, 0.25) is 0 Å². The van der Waals surface area contributed by atoms with Crippen molar-refractivity contribution in [2.75, 3.05) is 4.90 Å². The number of hydrogen-bond acceptors (Lipinski definition) is 2. The van der Waals surface area contributed by atoms with E-state index in [2.05, 4.69) is 216 Å². The molecule has 0 bridgehead atoms. The van der Waals surface area contributed by atoms with E-state index in [1.807, 2.05) is 11.3 Å². The summed E-state index contributed by atoms with van der Waals surface area (Å²) in [6.07, 6.45) is 0. The Balaban J connectivity index is 1.24. The van der Waals surface area contributed by atoms with Gasteiger partial charge in [-0.2, -0.15) is 0 Å². The lowest BCUT2D eigenvalue weighted by atomic mass is 9.89. The van der Waals surface area contributed by atoms with Gasteiger partial charge in [-0.3, -0.25) is 0 Å². The Morgan fingerprint density at radius 3 is 1.81 bits per heavy atom. The van der Waals surface area contributed by atoms with E-state index in [1.165, 1.54) is 91.1 Å². The molecule has 10 aromatic carbocycles. The van der Waals surface area contributed by atoms with E-state index in [9.17, 15) is 0 Å². The monoisotopic (exact) mass is 742 g/mol. The molecule has 3 heteroatoms. The van der Waals surface area contributed by atoms with Gasteiger partial charge in [-0.15, -0.1) is 11.3 Å². The van der Waals surface area contributed by atoms with Crippen LogP contribution in [0.3, 0.4) is 0 Å². The van der Waals surface area contributed by atoms with Crippen LogP contribution in [0.5, 0.6) is 0 Å². The molecule has 0 aliphatic rings. The number of hydrogen-bond donors (Lipinski definition) is 0. The summed E-state index contributed by atoms with van der Waals surface area (Å²) in [6.45, 7) is 0. The van der Waals surface area contributed by atoms with Crippen molar-refractivity contribution in [1.29, 1.82) is 0 Å². The van der Waals surface area contributed by atoms with Gasteiger partial charge in [0.15, 0.2) is 0 Å². The topological polar surface area (TPSA) is 8.17 Å². The van der Waals surface area contributed by atoms with Gasteiger partial charge in [0.25, 0.3) is 0 Å². The lowest BCUT2D eigenvalue weighted by Gasteiger charge is -2.26. The minimum Gasteiger partial charge on any atom is -0.309 e. The zero-order chi connectivity index (χ0) is 37.5. The molecule has 12 rings (SSSR count). The van der Waals surface area contributed by atoms with Gasteiger partial charge in [-0.25, -0.2) is 0 Å². The first-order valence-corrected chi connectivity index (χ1v) is 20.3. The molecule has 0 N–H and O–H groups in total. The maximum absolute atomic E-state index is 2.49. The Morgan fingerprint density at radius 2 is 1.00 bits per heavy atom. The van der Waals surface area contributed by atoms with Crippen molar-refractivity contribution in [2.24, 2.45) is 0 Å². The maximum atomic E-state index is 2.49. The maximum Gasteiger partial charge on any atom is 0.0640 e. The average Bonchev–Trinajstić information content (AvgIpc) is 3.84. The Labute approximate surface area is 333 Å². The minimum absolute atomic E-state index is 1.12. The van der Waals surface area contributed by atoms with Gasteiger partial charge in [-0.1, -0.05) is 140 Å². The van der Waals surface area contributed by atoms with E-state index in [-0.39, 0.29) is 0 Å². The second-order valence-corrected chi connectivity index (χ2v) is 15.9. The van der Waals surface area contributed by atoms with Crippen LogP contribution in [0.2, 0.25) is 0 Å². The van der Waals surface area contributed by atoms with Crippen LogP contribution in [0, 0.1) is 0 Å². The molecule has 0 saturated heterocycles. The number of anilines is 3. The van der Waals surface area contributed by atoms with Crippen molar-refractivity contribution < 1.29 is 0 Å². The first-order valence-electron chi connectivity index (χ1n) is 19.5. The van der Waals surface area contributed by atoms with E-state index in [1.54, 1.807) is 0 Å². The first-order chi connectivity index (χ1) is 28.3. The first kappa shape index (κ1) is 32.1. The summed E-state index contributed by atoms with van der Waals surface area (Å²) >= 11 is 1.87. The molecular formula is C54H34N2S. The second-order valence-electron chi connectivity index (χ2n) is 14.9. The minimum atomic E-state index is 1.12. The van der Waals surface area contributed by atoms with Gasteiger partial charge in [0.1, 0.15) is 0 Å². The molecule has 0 spiro atoms. The smallest absolute Gasteiger partial charge is 0.0640 e. The molecule has 0 atom stereocenters. The van der Waals surface area contributed by atoms with E-state index in [0.717, 1.165) is 17.1 Å². The third kappa shape index (κ3) is 4.89. The van der Waals surface area contributed by atoms with Gasteiger partial charge in [-0.05, 0) is 105 Å². The second kappa shape index (κ2) is 12.7. The Bertz CT molecular complexity index is 3520. The lowest BCUT2D eigenvalue weighted by molar-refractivity contribution is 1.18. The van der Waals surface area contributed by atoms with Crippen LogP contribution in [-0.4, -0.2) is 4.57 Å². The van der Waals surface area contributed by atoms with Gasteiger partial charge < -0.3 is 9.47 Å². The van der Waals surface area contributed by atoms with Crippen LogP contribution in [0.4, 0.5) is 17.1 Å². The fourth-order valence-corrected chi connectivity index (χ4v) is 10.5. The molecule has 57 heavy (non-hydrogen) atoms. The van der Waals surface area contributed by atoms with E-state index >= 15 is 0 Å². The normalized spacial score (nSPS) is 11.9. The molecule has 0 saturated carbocycles. The molecule has 2 aromatic heterocycles. The Kier molecular flexibility index (Phi) is 7.13. The molecule has 0 amide bonds. The molecule has 12 aromatic rings. The summed E-state index contributed by atoms with van der Waals surface area (Å²) in [6, 6.07) is 75.8. The molecule has 2 nitrogen and oxygen atoms in total. The number of thiophene rings is 1. The highest BCUT2D eigenvalue weighted by Gasteiger charge is 2.24. The number of benzene rings is 10. The van der Waals surface area contributed by atoms with Crippen LogP contribution < -0.4 is 4.90 Å². The van der Waals surface area contributed by atoms with Crippen molar-refractivity contribution in [1.82, 2.24) is 4.57 Å².